The van der Waals surface area contributed by atoms with Crippen molar-refractivity contribution in [2.75, 3.05) is 19.7 Å². The van der Waals surface area contributed by atoms with E-state index < -0.39 is 12.1 Å². The molecule has 5 nitrogen and oxygen atoms in total. The number of morpholine rings is 1. The van der Waals surface area contributed by atoms with Crippen molar-refractivity contribution >= 4 is 35.1 Å². The van der Waals surface area contributed by atoms with E-state index in [1.807, 2.05) is 6.07 Å². The predicted octanol–water partition coefficient (Wildman–Crippen LogP) is 2.63. The molecule has 0 bridgehead atoms. The average Bonchev–Trinajstić information content (AvgIpc) is 2.48. The number of hydrogen-bond acceptors (Lipinski definition) is 3. The summed E-state index contributed by atoms with van der Waals surface area (Å²) < 4.78 is 5.35. The zero-order valence-corrected chi connectivity index (χ0v) is 13.4. The van der Waals surface area contributed by atoms with Crippen LogP contribution in [0.4, 0.5) is 0 Å². The lowest BCUT2D eigenvalue weighted by molar-refractivity contribution is -0.147. The smallest absolute Gasteiger partial charge is 0.306 e. The van der Waals surface area contributed by atoms with E-state index >= 15 is 0 Å². The first-order valence-corrected chi connectivity index (χ1v) is 7.76. The first-order valence-electron chi connectivity index (χ1n) is 7.01. The van der Waals surface area contributed by atoms with Gasteiger partial charge < -0.3 is 14.7 Å². The lowest BCUT2D eigenvalue weighted by Gasteiger charge is -2.32. The Morgan fingerprint density at radius 2 is 2.09 bits per heavy atom. The Bertz CT molecular complexity index is 564. The number of carboxylic acids is 1. The van der Waals surface area contributed by atoms with Crippen LogP contribution in [-0.2, 0) is 20.7 Å². The normalized spacial score (nSPS) is 18.3. The lowest BCUT2D eigenvalue weighted by Crippen LogP contribution is -2.46. The minimum absolute atomic E-state index is 0.00948. The molecule has 0 radical (unpaired) electrons. The first kappa shape index (κ1) is 17.1. The molecule has 1 aliphatic heterocycles. The average molecular weight is 346 g/mol. The van der Waals surface area contributed by atoms with Crippen LogP contribution in [0.25, 0.3) is 0 Å². The summed E-state index contributed by atoms with van der Waals surface area (Å²) in [4.78, 5) is 24.6. The summed E-state index contributed by atoms with van der Waals surface area (Å²) in [6.45, 7) is 1.19. The number of ether oxygens (including phenoxy) is 1. The van der Waals surface area contributed by atoms with E-state index in [9.17, 15) is 9.59 Å². The molecule has 1 heterocycles. The number of halogens is 2. The third kappa shape index (κ3) is 4.87. The van der Waals surface area contributed by atoms with Gasteiger partial charge in [-0.05, 0) is 24.1 Å². The van der Waals surface area contributed by atoms with Crippen LogP contribution >= 0.6 is 23.2 Å². The summed E-state index contributed by atoms with van der Waals surface area (Å²) in [5.41, 5.74) is 0.943. The Balaban J connectivity index is 1.86. The molecule has 0 saturated carbocycles. The molecule has 0 aromatic heterocycles. The predicted molar refractivity (Wildman–Crippen MR) is 83.4 cm³/mol. The zero-order chi connectivity index (χ0) is 16.1. The molecular formula is C15H17Cl2NO4. The van der Waals surface area contributed by atoms with E-state index in [2.05, 4.69) is 0 Å². The number of carboxylic acid groups (broad SMARTS) is 1. The summed E-state index contributed by atoms with van der Waals surface area (Å²) >= 11 is 11.8. The van der Waals surface area contributed by atoms with Crippen molar-refractivity contribution in [1.29, 1.82) is 0 Å². The van der Waals surface area contributed by atoms with Crippen LogP contribution in [0.15, 0.2) is 18.2 Å². The van der Waals surface area contributed by atoms with Crippen LogP contribution in [0, 0.1) is 0 Å². The second-order valence-corrected chi connectivity index (χ2v) is 5.99. The van der Waals surface area contributed by atoms with Gasteiger partial charge in [0.15, 0.2) is 0 Å². The highest BCUT2D eigenvalue weighted by atomic mass is 35.5. The fourth-order valence-electron chi connectivity index (χ4n) is 2.37. The number of rotatable bonds is 5. The number of carbonyl (C=O) groups is 2. The molecule has 1 aromatic rings. The fraction of sp³-hybridized carbons (Fsp3) is 0.467. The molecule has 1 fully saturated rings. The van der Waals surface area contributed by atoms with Gasteiger partial charge in [-0.25, -0.2) is 0 Å². The Kier molecular flexibility index (Phi) is 6.06. The van der Waals surface area contributed by atoms with Gasteiger partial charge in [0.1, 0.15) is 0 Å². The molecular weight excluding hydrogens is 329 g/mol. The number of aryl methyl sites for hydroxylation is 1. The van der Waals surface area contributed by atoms with Crippen LogP contribution in [0.2, 0.25) is 10.0 Å². The number of benzene rings is 1. The number of hydrogen-bond donors (Lipinski definition) is 1. The van der Waals surface area contributed by atoms with Gasteiger partial charge in [-0.2, -0.15) is 0 Å². The SMILES string of the molecule is O=C(O)CC1CN(C(=O)CCc2ccc(Cl)c(Cl)c2)CCO1. The summed E-state index contributed by atoms with van der Waals surface area (Å²) in [6, 6.07) is 5.30. The molecule has 2 rings (SSSR count). The van der Waals surface area contributed by atoms with Crippen LogP contribution in [-0.4, -0.2) is 47.7 Å². The van der Waals surface area contributed by atoms with Crippen LogP contribution in [0.5, 0.6) is 0 Å². The van der Waals surface area contributed by atoms with Gasteiger partial charge in [0.05, 0.1) is 29.2 Å². The lowest BCUT2D eigenvalue weighted by atomic mass is 10.1. The van der Waals surface area contributed by atoms with Crippen molar-refractivity contribution in [3.63, 3.8) is 0 Å². The summed E-state index contributed by atoms with van der Waals surface area (Å²) in [5, 5.41) is 9.74. The maximum absolute atomic E-state index is 12.2. The molecule has 1 amide bonds. The highest BCUT2D eigenvalue weighted by Gasteiger charge is 2.25. The van der Waals surface area contributed by atoms with Gasteiger partial charge in [0.2, 0.25) is 5.91 Å². The molecule has 1 atom stereocenters. The molecule has 0 aliphatic carbocycles. The second kappa shape index (κ2) is 7.81. The van der Waals surface area contributed by atoms with Crippen molar-refractivity contribution in [3.05, 3.63) is 33.8 Å². The van der Waals surface area contributed by atoms with Gasteiger partial charge in [0.25, 0.3) is 0 Å². The van der Waals surface area contributed by atoms with E-state index in [0.29, 0.717) is 42.6 Å². The fourth-order valence-corrected chi connectivity index (χ4v) is 2.69. The van der Waals surface area contributed by atoms with Crippen LogP contribution in [0.1, 0.15) is 18.4 Å². The number of carbonyl (C=O) groups excluding carboxylic acids is 1. The second-order valence-electron chi connectivity index (χ2n) is 5.18. The Morgan fingerprint density at radius 1 is 1.32 bits per heavy atom. The van der Waals surface area contributed by atoms with Gasteiger partial charge in [-0.1, -0.05) is 29.3 Å². The van der Waals surface area contributed by atoms with Crippen molar-refractivity contribution in [1.82, 2.24) is 4.90 Å². The van der Waals surface area contributed by atoms with Crippen LogP contribution < -0.4 is 0 Å². The quantitative estimate of drug-likeness (QED) is 0.890. The minimum Gasteiger partial charge on any atom is -0.481 e. The number of nitrogens with zero attached hydrogens (tertiary/aromatic N) is 1. The summed E-state index contributed by atoms with van der Waals surface area (Å²) in [5.74, 6) is -0.931. The van der Waals surface area contributed by atoms with Crippen molar-refractivity contribution in [2.45, 2.75) is 25.4 Å². The standard InChI is InChI=1S/C15H17Cl2NO4/c16-12-3-1-10(7-13(12)17)2-4-14(19)18-5-6-22-11(9-18)8-15(20)21/h1,3,7,11H,2,4-6,8-9H2,(H,20,21). The monoisotopic (exact) mass is 345 g/mol. The Hall–Kier alpha value is -1.30. The maximum atomic E-state index is 12.2. The molecule has 22 heavy (non-hydrogen) atoms. The topological polar surface area (TPSA) is 66.8 Å². The van der Waals surface area contributed by atoms with Crippen molar-refractivity contribution in [2.24, 2.45) is 0 Å². The number of amides is 1. The molecule has 0 spiro atoms. The minimum atomic E-state index is -0.921. The molecule has 120 valence electrons. The van der Waals surface area contributed by atoms with Gasteiger partial charge in [0, 0.05) is 19.5 Å². The third-order valence-corrected chi connectivity index (χ3v) is 4.24. The van der Waals surface area contributed by atoms with Crippen molar-refractivity contribution in [3.8, 4) is 0 Å². The van der Waals surface area contributed by atoms with E-state index in [4.69, 9.17) is 33.0 Å². The van der Waals surface area contributed by atoms with E-state index in [0.717, 1.165) is 5.56 Å². The molecule has 7 heteroatoms. The van der Waals surface area contributed by atoms with Gasteiger partial charge >= 0.3 is 5.97 Å². The Morgan fingerprint density at radius 3 is 2.77 bits per heavy atom. The summed E-state index contributed by atoms with van der Waals surface area (Å²) in [6.07, 6.45) is 0.394. The van der Waals surface area contributed by atoms with E-state index in [1.165, 1.54) is 0 Å². The van der Waals surface area contributed by atoms with E-state index in [1.54, 1.807) is 17.0 Å². The highest BCUT2D eigenvalue weighted by molar-refractivity contribution is 6.42. The maximum Gasteiger partial charge on any atom is 0.306 e. The molecule has 1 aliphatic rings. The largest absolute Gasteiger partial charge is 0.481 e. The zero-order valence-electron chi connectivity index (χ0n) is 11.9. The van der Waals surface area contributed by atoms with Crippen LogP contribution in [0.3, 0.4) is 0 Å². The molecule has 1 unspecified atom stereocenters. The molecule has 1 saturated heterocycles. The molecule has 1 N–H and O–H groups in total. The Labute approximate surface area is 138 Å². The molecule has 1 aromatic carbocycles. The van der Waals surface area contributed by atoms with Gasteiger partial charge in [-0.15, -0.1) is 0 Å². The highest BCUT2D eigenvalue weighted by Crippen LogP contribution is 2.23. The first-order chi connectivity index (χ1) is 10.5. The van der Waals surface area contributed by atoms with E-state index in [-0.39, 0.29) is 12.3 Å². The summed E-state index contributed by atoms with van der Waals surface area (Å²) in [7, 11) is 0. The number of aliphatic carboxylic acids is 1. The van der Waals surface area contributed by atoms with Gasteiger partial charge in [-0.3, -0.25) is 9.59 Å². The third-order valence-electron chi connectivity index (χ3n) is 3.51. The van der Waals surface area contributed by atoms with Crippen molar-refractivity contribution < 1.29 is 19.4 Å².